The molecular formula is C12H14FNO2. The number of anilines is 1. The van der Waals surface area contributed by atoms with Crippen molar-refractivity contribution >= 4 is 12.0 Å². The van der Waals surface area contributed by atoms with Gasteiger partial charge in [0, 0.05) is 23.8 Å². The molecule has 0 N–H and O–H groups in total. The molecule has 3 nitrogen and oxygen atoms in total. The van der Waals surface area contributed by atoms with Crippen LogP contribution < -0.4 is 4.90 Å². The third kappa shape index (κ3) is 2.22. The summed E-state index contributed by atoms with van der Waals surface area (Å²) in [5, 5.41) is 0. The van der Waals surface area contributed by atoms with Gasteiger partial charge in [-0.3, -0.25) is 4.79 Å². The lowest BCUT2D eigenvalue weighted by molar-refractivity contribution is 0.0989. The van der Waals surface area contributed by atoms with Gasteiger partial charge in [-0.15, -0.1) is 0 Å². The van der Waals surface area contributed by atoms with Gasteiger partial charge in [-0.05, 0) is 25.1 Å². The smallest absolute Gasteiger partial charge is 0.150 e. The summed E-state index contributed by atoms with van der Waals surface area (Å²) in [4.78, 5) is 12.7. The van der Waals surface area contributed by atoms with Gasteiger partial charge in [-0.1, -0.05) is 0 Å². The lowest BCUT2D eigenvalue weighted by Crippen LogP contribution is -2.43. The van der Waals surface area contributed by atoms with E-state index < -0.39 is 0 Å². The van der Waals surface area contributed by atoms with Gasteiger partial charge in [0.1, 0.15) is 12.1 Å². The highest BCUT2D eigenvalue weighted by atomic mass is 19.1. The Morgan fingerprint density at radius 3 is 3.00 bits per heavy atom. The third-order valence-corrected chi connectivity index (χ3v) is 2.74. The molecule has 0 bridgehead atoms. The van der Waals surface area contributed by atoms with Gasteiger partial charge in [0.2, 0.25) is 0 Å². The molecule has 1 heterocycles. The van der Waals surface area contributed by atoms with Crippen LogP contribution >= 0.6 is 0 Å². The summed E-state index contributed by atoms with van der Waals surface area (Å²) >= 11 is 0. The number of aldehydes is 1. The summed E-state index contributed by atoms with van der Waals surface area (Å²) in [6.07, 6.45) is 0.664. The molecule has 0 amide bonds. The SMILES string of the molecule is CC1COCCN1c1cc(F)cc(C=O)c1. The van der Waals surface area contributed by atoms with Crippen LogP contribution in [0.25, 0.3) is 0 Å². The molecular weight excluding hydrogens is 209 g/mol. The first kappa shape index (κ1) is 11.1. The molecule has 1 aromatic carbocycles. The number of benzene rings is 1. The molecule has 1 aliphatic rings. The molecule has 1 unspecified atom stereocenters. The molecule has 0 aromatic heterocycles. The van der Waals surface area contributed by atoms with Gasteiger partial charge in [0.05, 0.1) is 13.2 Å². The van der Waals surface area contributed by atoms with Crippen LogP contribution in [0.15, 0.2) is 18.2 Å². The lowest BCUT2D eigenvalue weighted by Gasteiger charge is -2.35. The van der Waals surface area contributed by atoms with E-state index in [9.17, 15) is 9.18 Å². The van der Waals surface area contributed by atoms with Gasteiger partial charge >= 0.3 is 0 Å². The molecule has 0 radical (unpaired) electrons. The Hall–Kier alpha value is -1.42. The van der Waals surface area contributed by atoms with Crippen molar-refractivity contribution in [2.24, 2.45) is 0 Å². The van der Waals surface area contributed by atoms with E-state index in [1.807, 2.05) is 6.92 Å². The molecule has 1 aliphatic heterocycles. The van der Waals surface area contributed by atoms with Crippen LogP contribution in [0, 0.1) is 5.82 Å². The van der Waals surface area contributed by atoms with Gasteiger partial charge in [0.15, 0.2) is 0 Å². The number of rotatable bonds is 2. The predicted molar refractivity (Wildman–Crippen MR) is 59.4 cm³/mol. The molecule has 16 heavy (non-hydrogen) atoms. The zero-order chi connectivity index (χ0) is 11.5. The molecule has 86 valence electrons. The van der Waals surface area contributed by atoms with Crippen molar-refractivity contribution in [2.75, 3.05) is 24.7 Å². The Kier molecular flexibility index (Phi) is 3.19. The number of morpholine rings is 1. The third-order valence-electron chi connectivity index (χ3n) is 2.74. The Morgan fingerprint density at radius 1 is 1.50 bits per heavy atom. The fourth-order valence-electron chi connectivity index (χ4n) is 1.94. The first-order chi connectivity index (χ1) is 7.70. The van der Waals surface area contributed by atoms with Crippen LogP contribution in [0.5, 0.6) is 0 Å². The second kappa shape index (κ2) is 4.61. The topological polar surface area (TPSA) is 29.5 Å². The van der Waals surface area contributed by atoms with Crippen molar-refractivity contribution in [3.63, 3.8) is 0 Å². The molecule has 1 atom stereocenters. The van der Waals surface area contributed by atoms with Crippen LogP contribution in [0.3, 0.4) is 0 Å². The molecule has 0 saturated carbocycles. The van der Waals surface area contributed by atoms with Gasteiger partial charge in [-0.2, -0.15) is 0 Å². The van der Waals surface area contributed by atoms with Crippen LogP contribution in [0.4, 0.5) is 10.1 Å². The normalized spacial score (nSPS) is 20.9. The molecule has 0 aliphatic carbocycles. The molecule has 1 aromatic rings. The van der Waals surface area contributed by atoms with Crippen LogP contribution in [-0.2, 0) is 4.74 Å². The molecule has 4 heteroatoms. The molecule has 2 rings (SSSR count). The average Bonchev–Trinajstić information content (AvgIpc) is 2.28. The van der Waals surface area contributed by atoms with Gasteiger partial charge in [0.25, 0.3) is 0 Å². The van der Waals surface area contributed by atoms with Crippen molar-refractivity contribution < 1.29 is 13.9 Å². The summed E-state index contributed by atoms with van der Waals surface area (Å²) in [5.74, 6) is -0.377. The van der Waals surface area contributed by atoms with Crippen molar-refractivity contribution in [2.45, 2.75) is 13.0 Å². The van der Waals surface area contributed by atoms with Crippen LogP contribution in [0.2, 0.25) is 0 Å². The highest BCUT2D eigenvalue weighted by Crippen LogP contribution is 2.21. The quantitative estimate of drug-likeness (QED) is 0.717. The maximum Gasteiger partial charge on any atom is 0.150 e. The van der Waals surface area contributed by atoms with Gasteiger partial charge < -0.3 is 9.64 Å². The standard InChI is InChI=1S/C12H14FNO2/c1-9-8-16-3-2-14(9)12-5-10(7-15)4-11(13)6-12/h4-7,9H,2-3,8H2,1H3. The monoisotopic (exact) mass is 223 g/mol. The van der Waals surface area contributed by atoms with Crippen molar-refractivity contribution in [3.05, 3.63) is 29.6 Å². The Balaban J connectivity index is 2.31. The summed E-state index contributed by atoms with van der Waals surface area (Å²) < 4.78 is 18.6. The van der Waals surface area contributed by atoms with E-state index >= 15 is 0 Å². The lowest BCUT2D eigenvalue weighted by atomic mass is 10.1. The Bertz CT molecular complexity index is 395. The number of carbonyl (C=O) groups is 1. The molecule has 1 saturated heterocycles. The minimum atomic E-state index is -0.377. The number of carbonyl (C=O) groups excluding carboxylic acids is 1. The van der Waals surface area contributed by atoms with E-state index in [0.29, 0.717) is 25.1 Å². The predicted octanol–water partition coefficient (Wildman–Crippen LogP) is 1.86. The summed E-state index contributed by atoms with van der Waals surface area (Å²) in [6.45, 7) is 4.01. The fourth-order valence-corrected chi connectivity index (χ4v) is 1.94. The summed E-state index contributed by atoms with van der Waals surface area (Å²) in [7, 11) is 0. The minimum Gasteiger partial charge on any atom is -0.377 e. The van der Waals surface area contributed by atoms with Crippen molar-refractivity contribution in [1.82, 2.24) is 0 Å². The number of hydrogen-bond acceptors (Lipinski definition) is 3. The molecule has 1 fully saturated rings. The van der Waals surface area contributed by atoms with E-state index in [2.05, 4.69) is 4.90 Å². The largest absolute Gasteiger partial charge is 0.377 e. The van der Waals surface area contributed by atoms with Crippen LogP contribution in [-0.4, -0.2) is 32.1 Å². The second-order valence-corrected chi connectivity index (χ2v) is 3.98. The first-order valence-electron chi connectivity index (χ1n) is 5.31. The number of nitrogens with zero attached hydrogens (tertiary/aromatic N) is 1. The highest BCUT2D eigenvalue weighted by molar-refractivity contribution is 5.77. The highest BCUT2D eigenvalue weighted by Gasteiger charge is 2.19. The minimum absolute atomic E-state index is 0.204. The maximum absolute atomic E-state index is 13.3. The van der Waals surface area contributed by atoms with E-state index in [-0.39, 0.29) is 11.9 Å². The van der Waals surface area contributed by atoms with Crippen LogP contribution in [0.1, 0.15) is 17.3 Å². The first-order valence-corrected chi connectivity index (χ1v) is 5.31. The Labute approximate surface area is 93.8 Å². The maximum atomic E-state index is 13.3. The summed E-state index contributed by atoms with van der Waals surface area (Å²) in [6, 6.07) is 4.60. The van der Waals surface area contributed by atoms with Crippen molar-refractivity contribution in [1.29, 1.82) is 0 Å². The Morgan fingerprint density at radius 2 is 2.31 bits per heavy atom. The second-order valence-electron chi connectivity index (χ2n) is 3.98. The number of hydrogen-bond donors (Lipinski definition) is 0. The zero-order valence-electron chi connectivity index (χ0n) is 9.15. The fraction of sp³-hybridized carbons (Fsp3) is 0.417. The number of halogens is 1. The molecule has 0 spiro atoms. The van der Waals surface area contributed by atoms with Gasteiger partial charge in [-0.25, -0.2) is 4.39 Å². The van der Waals surface area contributed by atoms with E-state index in [1.165, 1.54) is 12.1 Å². The van der Waals surface area contributed by atoms with Crippen molar-refractivity contribution in [3.8, 4) is 0 Å². The van der Waals surface area contributed by atoms with E-state index in [1.54, 1.807) is 6.07 Å². The van der Waals surface area contributed by atoms with E-state index in [0.717, 1.165) is 12.2 Å². The average molecular weight is 223 g/mol. The van der Waals surface area contributed by atoms with E-state index in [4.69, 9.17) is 4.74 Å². The number of ether oxygens (including phenoxy) is 1. The summed E-state index contributed by atoms with van der Waals surface area (Å²) in [5.41, 5.74) is 1.12. The zero-order valence-corrected chi connectivity index (χ0v) is 9.15.